The van der Waals surface area contributed by atoms with Crippen molar-refractivity contribution in [2.75, 3.05) is 18.2 Å². The van der Waals surface area contributed by atoms with Gasteiger partial charge < -0.3 is 15.8 Å². The monoisotopic (exact) mass is 300 g/mol. The van der Waals surface area contributed by atoms with Crippen LogP contribution in [0.4, 0.5) is 11.4 Å². The summed E-state index contributed by atoms with van der Waals surface area (Å²) in [6.07, 6.45) is 0.472. The lowest BCUT2D eigenvalue weighted by atomic mass is 10.1. The van der Waals surface area contributed by atoms with Crippen molar-refractivity contribution < 1.29 is 9.53 Å². The molecule has 0 heterocycles. The number of halogens is 1. The van der Waals surface area contributed by atoms with E-state index in [1.165, 1.54) is 0 Å². The molecule has 5 heteroatoms. The Labute approximate surface area is 110 Å². The maximum absolute atomic E-state index is 11.7. The zero-order valence-corrected chi connectivity index (χ0v) is 11.8. The highest BCUT2D eigenvalue weighted by atomic mass is 79.9. The molecule has 1 aromatic carbocycles. The van der Waals surface area contributed by atoms with Crippen molar-refractivity contribution in [1.29, 1.82) is 0 Å². The Balaban J connectivity index is 2.93. The van der Waals surface area contributed by atoms with Crippen LogP contribution in [-0.2, 0) is 4.79 Å². The van der Waals surface area contributed by atoms with E-state index < -0.39 is 0 Å². The summed E-state index contributed by atoms with van der Waals surface area (Å²) >= 11 is 3.36. The van der Waals surface area contributed by atoms with Crippen LogP contribution in [0.15, 0.2) is 16.6 Å². The zero-order chi connectivity index (χ0) is 13.0. The quantitative estimate of drug-likeness (QED) is 0.840. The van der Waals surface area contributed by atoms with Crippen LogP contribution in [-0.4, -0.2) is 13.0 Å². The van der Waals surface area contributed by atoms with Crippen LogP contribution in [0.5, 0.6) is 5.75 Å². The first kappa shape index (κ1) is 13.8. The van der Waals surface area contributed by atoms with Gasteiger partial charge in [-0.15, -0.1) is 0 Å². The molecular weight excluding hydrogens is 284 g/mol. The van der Waals surface area contributed by atoms with Gasteiger partial charge in [0.2, 0.25) is 5.91 Å². The molecule has 0 radical (unpaired) electrons. The second-order valence-corrected chi connectivity index (χ2v) is 5.08. The van der Waals surface area contributed by atoms with Gasteiger partial charge in [0.15, 0.2) is 0 Å². The van der Waals surface area contributed by atoms with E-state index in [-0.39, 0.29) is 5.91 Å². The molecule has 0 spiro atoms. The van der Waals surface area contributed by atoms with Crippen molar-refractivity contribution in [1.82, 2.24) is 0 Å². The summed E-state index contributed by atoms with van der Waals surface area (Å²) in [5, 5.41) is 2.82. The predicted molar refractivity (Wildman–Crippen MR) is 73.2 cm³/mol. The Morgan fingerprint density at radius 2 is 2.18 bits per heavy atom. The molecule has 0 aliphatic rings. The van der Waals surface area contributed by atoms with Gasteiger partial charge in [-0.25, -0.2) is 0 Å². The number of hydrogen-bond acceptors (Lipinski definition) is 3. The van der Waals surface area contributed by atoms with Crippen molar-refractivity contribution in [2.45, 2.75) is 20.3 Å². The molecule has 94 valence electrons. The average molecular weight is 301 g/mol. The van der Waals surface area contributed by atoms with Crippen LogP contribution in [0.2, 0.25) is 0 Å². The van der Waals surface area contributed by atoms with Crippen LogP contribution in [0.1, 0.15) is 20.3 Å². The molecule has 1 rings (SSSR count). The van der Waals surface area contributed by atoms with Crippen molar-refractivity contribution >= 4 is 33.2 Å². The van der Waals surface area contributed by atoms with E-state index in [1.54, 1.807) is 19.2 Å². The van der Waals surface area contributed by atoms with Gasteiger partial charge in [-0.05, 0) is 27.9 Å². The van der Waals surface area contributed by atoms with E-state index in [4.69, 9.17) is 10.5 Å². The van der Waals surface area contributed by atoms with Crippen molar-refractivity contribution in [3.05, 3.63) is 16.6 Å². The number of methoxy groups -OCH3 is 1. The third-order valence-electron chi connectivity index (χ3n) is 2.15. The van der Waals surface area contributed by atoms with Crippen LogP contribution in [0.25, 0.3) is 0 Å². The molecule has 0 aromatic heterocycles. The third kappa shape index (κ3) is 3.93. The lowest BCUT2D eigenvalue weighted by Gasteiger charge is -2.13. The molecule has 0 saturated carbocycles. The van der Waals surface area contributed by atoms with Gasteiger partial charge in [0.25, 0.3) is 0 Å². The standard InChI is InChI=1S/C12H17BrN2O2/c1-7(2)4-11(16)15-12-9(13)5-8(14)6-10(12)17-3/h5-7H,4,14H2,1-3H3,(H,15,16). The Bertz CT molecular complexity index is 419. The second kappa shape index (κ2) is 5.91. The van der Waals surface area contributed by atoms with E-state index in [0.29, 0.717) is 33.9 Å². The lowest BCUT2D eigenvalue weighted by molar-refractivity contribution is -0.116. The highest BCUT2D eigenvalue weighted by molar-refractivity contribution is 9.10. The number of nitrogen functional groups attached to an aromatic ring is 1. The van der Waals surface area contributed by atoms with Crippen molar-refractivity contribution in [3.8, 4) is 5.75 Å². The van der Waals surface area contributed by atoms with Crippen LogP contribution in [0, 0.1) is 5.92 Å². The molecule has 1 aromatic rings. The number of hydrogen-bond donors (Lipinski definition) is 2. The first-order valence-corrected chi connectivity index (χ1v) is 6.16. The summed E-state index contributed by atoms with van der Waals surface area (Å²) in [5.74, 6) is 0.825. The molecule has 4 nitrogen and oxygen atoms in total. The van der Waals surface area contributed by atoms with Gasteiger partial charge in [0.05, 0.1) is 12.8 Å². The van der Waals surface area contributed by atoms with Gasteiger partial charge in [-0.2, -0.15) is 0 Å². The molecule has 3 N–H and O–H groups in total. The number of anilines is 2. The molecule has 0 fully saturated rings. The van der Waals surface area contributed by atoms with Gasteiger partial charge >= 0.3 is 0 Å². The van der Waals surface area contributed by atoms with Crippen molar-refractivity contribution in [3.63, 3.8) is 0 Å². The van der Waals surface area contributed by atoms with Gasteiger partial charge in [0, 0.05) is 22.6 Å². The minimum atomic E-state index is -0.0382. The largest absolute Gasteiger partial charge is 0.494 e. The number of nitrogens with two attached hydrogens (primary N) is 1. The number of benzene rings is 1. The van der Waals surface area contributed by atoms with Gasteiger partial charge in [-0.1, -0.05) is 13.8 Å². The van der Waals surface area contributed by atoms with Crippen LogP contribution >= 0.6 is 15.9 Å². The maximum atomic E-state index is 11.7. The first-order chi connectivity index (χ1) is 7.93. The molecule has 0 aliphatic heterocycles. The predicted octanol–water partition coefficient (Wildman–Crippen LogP) is 3.02. The van der Waals surface area contributed by atoms with Crippen LogP contribution in [0.3, 0.4) is 0 Å². The fraction of sp³-hybridized carbons (Fsp3) is 0.417. The molecular formula is C12H17BrN2O2. The number of nitrogens with one attached hydrogen (secondary N) is 1. The van der Waals surface area contributed by atoms with E-state index in [0.717, 1.165) is 0 Å². The fourth-order valence-electron chi connectivity index (χ4n) is 1.44. The second-order valence-electron chi connectivity index (χ2n) is 4.23. The minimum absolute atomic E-state index is 0.0382. The summed E-state index contributed by atoms with van der Waals surface area (Å²) in [6, 6.07) is 3.41. The average Bonchev–Trinajstić information content (AvgIpc) is 2.20. The summed E-state index contributed by atoms with van der Waals surface area (Å²) in [4.78, 5) is 11.7. The van der Waals surface area contributed by atoms with Gasteiger partial charge in [0.1, 0.15) is 5.75 Å². The van der Waals surface area contributed by atoms with Crippen molar-refractivity contribution in [2.24, 2.45) is 5.92 Å². The number of carbonyl (C=O) groups excluding carboxylic acids is 1. The summed E-state index contributed by atoms with van der Waals surface area (Å²) < 4.78 is 5.90. The molecule has 0 bridgehead atoms. The van der Waals surface area contributed by atoms with E-state index in [2.05, 4.69) is 21.2 Å². The fourth-order valence-corrected chi connectivity index (χ4v) is 2.00. The Morgan fingerprint density at radius 3 is 2.71 bits per heavy atom. The number of ether oxygens (including phenoxy) is 1. The lowest BCUT2D eigenvalue weighted by Crippen LogP contribution is -2.15. The van der Waals surface area contributed by atoms with E-state index >= 15 is 0 Å². The first-order valence-electron chi connectivity index (χ1n) is 5.37. The molecule has 0 atom stereocenters. The summed E-state index contributed by atoms with van der Waals surface area (Å²) in [6.45, 7) is 3.99. The Morgan fingerprint density at radius 1 is 1.53 bits per heavy atom. The highest BCUT2D eigenvalue weighted by Gasteiger charge is 2.13. The Kier molecular flexibility index (Phi) is 4.81. The summed E-state index contributed by atoms with van der Waals surface area (Å²) in [5.41, 5.74) is 6.89. The van der Waals surface area contributed by atoms with Gasteiger partial charge in [-0.3, -0.25) is 4.79 Å². The number of rotatable bonds is 4. The highest BCUT2D eigenvalue weighted by Crippen LogP contribution is 2.35. The number of amides is 1. The van der Waals surface area contributed by atoms with E-state index in [1.807, 2.05) is 13.8 Å². The SMILES string of the molecule is COc1cc(N)cc(Br)c1NC(=O)CC(C)C. The molecule has 0 unspecified atom stereocenters. The third-order valence-corrected chi connectivity index (χ3v) is 2.78. The van der Waals surface area contributed by atoms with Crippen LogP contribution < -0.4 is 15.8 Å². The smallest absolute Gasteiger partial charge is 0.224 e. The number of carbonyl (C=O) groups is 1. The van der Waals surface area contributed by atoms with E-state index in [9.17, 15) is 4.79 Å². The minimum Gasteiger partial charge on any atom is -0.494 e. The molecule has 1 amide bonds. The Hall–Kier alpha value is -1.23. The molecule has 0 aliphatic carbocycles. The molecule has 0 saturated heterocycles. The maximum Gasteiger partial charge on any atom is 0.224 e. The normalized spacial score (nSPS) is 10.4. The topological polar surface area (TPSA) is 64.3 Å². The summed E-state index contributed by atoms with van der Waals surface area (Å²) in [7, 11) is 1.54. The molecule has 17 heavy (non-hydrogen) atoms. The zero-order valence-electron chi connectivity index (χ0n) is 10.2.